The minimum Gasteiger partial charge on any atom is -0.385 e. The summed E-state index contributed by atoms with van der Waals surface area (Å²) in [6, 6.07) is 2.39. The van der Waals surface area contributed by atoms with Gasteiger partial charge in [0.05, 0.1) is 11.8 Å². The lowest BCUT2D eigenvalue weighted by molar-refractivity contribution is -0.0130. The molecule has 100 valence electrons. The van der Waals surface area contributed by atoms with Crippen molar-refractivity contribution in [2.45, 2.75) is 43.4 Å². The predicted molar refractivity (Wildman–Crippen MR) is 69.1 cm³/mol. The molecule has 2 aliphatic heterocycles. The molecule has 4 nitrogen and oxygen atoms in total. The lowest BCUT2D eigenvalue weighted by Crippen LogP contribution is -2.47. The molecule has 0 amide bonds. The fourth-order valence-electron chi connectivity index (χ4n) is 3.78. The van der Waals surface area contributed by atoms with Gasteiger partial charge in [-0.15, -0.1) is 0 Å². The Bertz CT molecular complexity index is 627. The third kappa shape index (κ3) is 1.61. The second kappa shape index (κ2) is 3.77. The van der Waals surface area contributed by atoms with E-state index in [1.165, 1.54) is 6.20 Å². The van der Waals surface area contributed by atoms with Gasteiger partial charge in [-0.1, -0.05) is 0 Å². The predicted octanol–water partition coefficient (Wildman–Crippen LogP) is 1.80. The van der Waals surface area contributed by atoms with Gasteiger partial charge < -0.3 is 15.4 Å². The van der Waals surface area contributed by atoms with Crippen LogP contribution in [0.5, 0.6) is 0 Å². The molecule has 0 spiro atoms. The lowest BCUT2D eigenvalue weighted by Gasteiger charge is -2.37. The van der Waals surface area contributed by atoms with Gasteiger partial charge in [-0.3, -0.25) is 0 Å². The molecule has 1 unspecified atom stereocenters. The molecular formula is C14H16FN3O. The molecule has 3 atom stereocenters. The summed E-state index contributed by atoms with van der Waals surface area (Å²) in [6.07, 6.45) is 6.22. The maximum Gasteiger partial charge on any atom is 0.148 e. The molecular weight excluding hydrogens is 245 g/mol. The van der Waals surface area contributed by atoms with Crippen LogP contribution in [0, 0.1) is 5.82 Å². The third-order valence-corrected chi connectivity index (χ3v) is 4.51. The highest BCUT2D eigenvalue weighted by Gasteiger charge is 2.45. The fraction of sp³-hybridized carbons (Fsp3) is 0.500. The number of nitrogens with one attached hydrogen (secondary N) is 2. The molecule has 3 N–H and O–H groups in total. The average molecular weight is 261 g/mol. The van der Waals surface area contributed by atoms with Crippen LogP contribution in [0.3, 0.4) is 0 Å². The Morgan fingerprint density at radius 1 is 1.32 bits per heavy atom. The maximum atomic E-state index is 14.2. The Hall–Kier alpha value is -1.46. The van der Waals surface area contributed by atoms with Gasteiger partial charge in [0.15, 0.2) is 0 Å². The molecule has 5 heteroatoms. The number of piperidine rings is 1. The van der Waals surface area contributed by atoms with Crippen LogP contribution in [-0.4, -0.2) is 27.2 Å². The highest BCUT2D eigenvalue weighted by molar-refractivity contribution is 5.80. The zero-order chi connectivity index (χ0) is 13.0. The van der Waals surface area contributed by atoms with E-state index in [1.54, 1.807) is 12.3 Å². The fourth-order valence-corrected chi connectivity index (χ4v) is 3.78. The Kier molecular flexibility index (Phi) is 2.26. The summed E-state index contributed by atoms with van der Waals surface area (Å²) in [5, 5.41) is 15.2. The summed E-state index contributed by atoms with van der Waals surface area (Å²) in [5.41, 5.74) is -0.0299. The molecule has 2 bridgehead atoms. The quantitative estimate of drug-likeness (QED) is 0.733. The minimum atomic E-state index is -1.08. The van der Waals surface area contributed by atoms with Crippen LogP contribution in [0.2, 0.25) is 0 Å². The maximum absolute atomic E-state index is 14.2. The van der Waals surface area contributed by atoms with Crippen molar-refractivity contribution in [3.8, 4) is 0 Å². The molecule has 4 heterocycles. The smallest absolute Gasteiger partial charge is 0.148 e. The Balaban J connectivity index is 1.89. The van der Waals surface area contributed by atoms with Crippen LogP contribution in [0.15, 0.2) is 18.5 Å². The Morgan fingerprint density at radius 3 is 2.79 bits per heavy atom. The van der Waals surface area contributed by atoms with E-state index in [0.29, 0.717) is 41.5 Å². The van der Waals surface area contributed by atoms with E-state index in [0.717, 1.165) is 12.8 Å². The molecule has 2 aromatic rings. The van der Waals surface area contributed by atoms with E-state index >= 15 is 0 Å². The van der Waals surface area contributed by atoms with Crippen LogP contribution in [-0.2, 0) is 5.60 Å². The van der Waals surface area contributed by atoms with E-state index in [9.17, 15) is 9.50 Å². The number of aromatic amines is 1. The van der Waals surface area contributed by atoms with Gasteiger partial charge in [0.25, 0.3) is 0 Å². The van der Waals surface area contributed by atoms with Gasteiger partial charge in [0.1, 0.15) is 11.5 Å². The molecule has 0 radical (unpaired) electrons. The van der Waals surface area contributed by atoms with Crippen LogP contribution < -0.4 is 5.32 Å². The summed E-state index contributed by atoms with van der Waals surface area (Å²) in [4.78, 5) is 7.00. The monoisotopic (exact) mass is 261 g/mol. The molecule has 0 aliphatic carbocycles. The van der Waals surface area contributed by atoms with Crippen molar-refractivity contribution in [3.63, 3.8) is 0 Å². The van der Waals surface area contributed by atoms with Crippen molar-refractivity contribution >= 4 is 11.0 Å². The highest BCUT2D eigenvalue weighted by Crippen LogP contribution is 2.43. The summed E-state index contributed by atoms with van der Waals surface area (Å²) in [5.74, 6) is -0.407. The number of pyridine rings is 1. The number of hydrogen-bond acceptors (Lipinski definition) is 3. The van der Waals surface area contributed by atoms with Gasteiger partial charge in [0, 0.05) is 29.2 Å². The van der Waals surface area contributed by atoms with Crippen molar-refractivity contribution in [2.75, 3.05) is 0 Å². The average Bonchev–Trinajstić information content (AvgIpc) is 2.95. The molecule has 2 aromatic heterocycles. The zero-order valence-corrected chi connectivity index (χ0v) is 10.5. The molecule has 0 aromatic carbocycles. The van der Waals surface area contributed by atoms with Crippen molar-refractivity contribution < 1.29 is 9.50 Å². The van der Waals surface area contributed by atoms with Gasteiger partial charge in [-0.05, 0) is 31.7 Å². The van der Waals surface area contributed by atoms with Crippen LogP contribution in [0.1, 0.15) is 31.2 Å². The first-order chi connectivity index (χ1) is 9.16. The number of rotatable bonds is 1. The van der Waals surface area contributed by atoms with Gasteiger partial charge in [-0.2, -0.15) is 0 Å². The normalized spacial score (nSPS) is 34.0. The second-order valence-electron chi connectivity index (χ2n) is 5.80. The number of hydrogen-bond donors (Lipinski definition) is 3. The van der Waals surface area contributed by atoms with E-state index in [1.807, 2.05) is 0 Å². The van der Waals surface area contributed by atoms with Gasteiger partial charge in [-0.25, -0.2) is 9.37 Å². The molecule has 19 heavy (non-hydrogen) atoms. The van der Waals surface area contributed by atoms with Gasteiger partial charge >= 0.3 is 0 Å². The van der Waals surface area contributed by atoms with Gasteiger partial charge in [0.2, 0.25) is 0 Å². The SMILES string of the molecule is OC1(c2c(F)cnc3[nH]ccc23)C[C@H]2CC[C@@H](C1)N2. The molecule has 2 aliphatic rings. The standard InChI is InChI=1S/C14H16FN3O/c15-11-7-17-13-10(3-4-16-13)12(11)14(19)5-8-1-2-9(6-14)18-8/h3-4,7-9,18-19H,1-2,5-6H2,(H,16,17)/t8-,9+,14?. The number of nitrogens with zero attached hydrogens (tertiary/aromatic N) is 1. The Morgan fingerprint density at radius 2 is 2.05 bits per heavy atom. The van der Waals surface area contributed by atoms with E-state index in [2.05, 4.69) is 15.3 Å². The van der Waals surface area contributed by atoms with Crippen molar-refractivity contribution in [3.05, 3.63) is 29.8 Å². The summed E-state index contributed by atoms with van der Waals surface area (Å²) in [7, 11) is 0. The molecule has 0 saturated carbocycles. The van der Waals surface area contributed by atoms with Crippen LogP contribution >= 0.6 is 0 Å². The van der Waals surface area contributed by atoms with Crippen molar-refractivity contribution in [1.82, 2.24) is 15.3 Å². The largest absolute Gasteiger partial charge is 0.385 e. The van der Waals surface area contributed by atoms with Crippen LogP contribution in [0.4, 0.5) is 4.39 Å². The number of aromatic nitrogens is 2. The first-order valence-corrected chi connectivity index (χ1v) is 6.76. The highest BCUT2D eigenvalue weighted by atomic mass is 19.1. The number of H-pyrrole nitrogens is 1. The number of halogens is 1. The summed E-state index contributed by atoms with van der Waals surface area (Å²) < 4.78 is 14.2. The first-order valence-electron chi connectivity index (χ1n) is 6.76. The Labute approximate surface area is 110 Å². The van der Waals surface area contributed by atoms with E-state index < -0.39 is 11.4 Å². The number of aliphatic hydroxyl groups is 1. The zero-order valence-electron chi connectivity index (χ0n) is 10.5. The van der Waals surface area contributed by atoms with E-state index in [4.69, 9.17) is 0 Å². The molecule has 2 saturated heterocycles. The summed E-state index contributed by atoms with van der Waals surface area (Å²) in [6.45, 7) is 0. The van der Waals surface area contributed by atoms with E-state index in [-0.39, 0.29) is 0 Å². The lowest BCUT2D eigenvalue weighted by atomic mass is 9.80. The third-order valence-electron chi connectivity index (χ3n) is 4.51. The minimum absolute atomic E-state index is 0.297. The molecule has 4 rings (SSSR count). The topological polar surface area (TPSA) is 60.9 Å². The van der Waals surface area contributed by atoms with Crippen LogP contribution in [0.25, 0.3) is 11.0 Å². The van der Waals surface area contributed by atoms with Crippen molar-refractivity contribution in [1.29, 1.82) is 0 Å². The number of fused-ring (bicyclic) bond motifs is 3. The molecule has 2 fully saturated rings. The van der Waals surface area contributed by atoms with Crippen molar-refractivity contribution in [2.24, 2.45) is 0 Å². The second-order valence-corrected chi connectivity index (χ2v) is 5.80. The summed E-state index contributed by atoms with van der Waals surface area (Å²) >= 11 is 0. The first kappa shape index (κ1) is 11.4.